The zero-order valence-electron chi connectivity index (χ0n) is 14.9. The molecule has 1 amide bonds. The first-order valence-corrected chi connectivity index (χ1v) is 9.77. The molecular weight excluding hydrogens is 332 g/mol. The van der Waals surface area contributed by atoms with Gasteiger partial charge in [-0.1, -0.05) is 13.0 Å². The summed E-state index contributed by atoms with van der Waals surface area (Å²) in [7, 11) is 0. The molecule has 25 heavy (non-hydrogen) atoms. The van der Waals surface area contributed by atoms with Crippen molar-refractivity contribution in [3.8, 4) is 0 Å². The third-order valence-electron chi connectivity index (χ3n) is 4.86. The van der Waals surface area contributed by atoms with E-state index in [0.29, 0.717) is 5.56 Å². The number of nitrogens with one attached hydrogen (secondary N) is 1. The van der Waals surface area contributed by atoms with Crippen molar-refractivity contribution in [2.75, 3.05) is 32.7 Å². The van der Waals surface area contributed by atoms with E-state index in [9.17, 15) is 4.79 Å². The zero-order chi connectivity index (χ0) is 17.6. The number of amides is 1. The third-order valence-corrected chi connectivity index (χ3v) is 5.80. The Hall–Kier alpha value is -1.76. The molecule has 2 atom stereocenters. The van der Waals surface area contributed by atoms with Crippen LogP contribution in [0.15, 0.2) is 42.0 Å². The van der Waals surface area contributed by atoms with Gasteiger partial charge in [0.2, 0.25) is 0 Å². The first-order valence-electron chi connectivity index (χ1n) is 8.89. The molecule has 6 heteroatoms. The Balaban J connectivity index is 1.72. The average Bonchev–Trinajstić information content (AvgIpc) is 3.17. The van der Waals surface area contributed by atoms with Gasteiger partial charge in [0.25, 0.3) is 5.91 Å². The Bertz CT molecular complexity index is 653. The van der Waals surface area contributed by atoms with Gasteiger partial charge in [0.15, 0.2) is 0 Å². The van der Waals surface area contributed by atoms with Crippen LogP contribution in [0.3, 0.4) is 0 Å². The van der Waals surface area contributed by atoms with Crippen LogP contribution in [-0.2, 0) is 0 Å². The number of rotatable bonds is 6. The first kappa shape index (κ1) is 18.0. The molecule has 3 rings (SSSR count). The van der Waals surface area contributed by atoms with E-state index in [-0.39, 0.29) is 18.0 Å². The molecule has 3 heterocycles. The maximum atomic E-state index is 12.5. The molecule has 0 aromatic carbocycles. The van der Waals surface area contributed by atoms with Gasteiger partial charge in [0, 0.05) is 55.1 Å². The van der Waals surface area contributed by atoms with Crippen LogP contribution in [0.5, 0.6) is 0 Å². The Morgan fingerprint density at radius 3 is 2.56 bits per heavy atom. The summed E-state index contributed by atoms with van der Waals surface area (Å²) in [5.74, 6) is -0.0383. The van der Waals surface area contributed by atoms with Crippen molar-refractivity contribution in [2.45, 2.75) is 25.9 Å². The zero-order valence-corrected chi connectivity index (χ0v) is 15.7. The highest BCUT2D eigenvalue weighted by Crippen LogP contribution is 2.29. The standard InChI is InChI=1S/C19H26N4OS/c1-3-22-10-12-23(13-11-22)18(17-5-4-14-25-17)15(2)21-19(24)16-6-8-20-9-7-16/h4-9,14-15,18H,3,10-13H2,1-2H3,(H,21,24)/t15-,18+/m0/s1. The molecule has 0 radical (unpaired) electrons. The number of hydrogen-bond donors (Lipinski definition) is 1. The summed E-state index contributed by atoms with van der Waals surface area (Å²) >= 11 is 1.77. The number of aromatic nitrogens is 1. The van der Waals surface area contributed by atoms with E-state index in [2.05, 4.69) is 51.5 Å². The van der Waals surface area contributed by atoms with Crippen LogP contribution >= 0.6 is 11.3 Å². The van der Waals surface area contributed by atoms with Crippen molar-refractivity contribution in [2.24, 2.45) is 0 Å². The van der Waals surface area contributed by atoms with Gasteiger partial charge in [-0.25, -0.2) is 0 Å². The van der Waals surface area contributed by atoms with Gasteiger partial charge in [-0.2, -0.15) is 0 Å². The van der Waals surface area contributed by atoms with Crippen molar-refractivity contribution < 1.29 is 4.79 Å². The second-order valence-corrected chi connectivity index (χ2v) is 7.41. The predicted molar refractivity (Wildman–Crippen MR) is 102 cm³/mol. The molecule has 1 aliphatic rings. The molecule has 0 saturated carbocycles. The quantitative estimate of drug-likeness (QED) is 0.862. The van der Waals surface area contributed by atoms with Crippen molar-refractivity contribution >= 4 is 17.2 Å². The largest absolute Gasteiger partial charge is 0.348 e. The topological polar surface area (TPSA) is 48.5 Å². The van der Waals surface area contributed by atoms with E-state index in [1.807, 2.05) is 0 Å². The lowest BCUT2D eigenvalue weighted by Gasteiger charge is -2.41. The highest BCUT2D eigenvalue weighted by molar-refractivity contribution is 7.10. The summed E-state index contributed by atoms with van der Waals surface area (Å²) in [5, 5.41) is 5.30. The summed E-state index contributed by atoms with van der Waals surface area (Å²) in [6.45, 7) is 9.66. The van der Waals surface area contributed by atoms with Gasteiger partial charge in [0.1, 0.15) is 0 Å². The van der Waals surface area contributed by atoms with E-state index in [0.717, 1.165) is 32.7 Å². The molecule has 0 bridgehead atoms. The lowest BCUT2D eigenvalue weighted by Crippen LogP contribution is -2.52. The Labute approximate surface area is 153 Å². The fourth-order valence-corrected chi connectivity index (χ4v) is 4.40. The molecule has 5 nitrogen and oxygen atoms in total. The van der Waals surface area contributed by atoms with E-state index >= 15 is 0 Å². The maximum absolute atomic E-state index is 12.5. The number of likely N-dealkylation sites (N-methyl/N-ethyl adjacent to an activating group) is 1. The smallest absolute Gasteiger partial charge is 0.251 e. The van der Waals surface area contributed by atoms with Gasteiger partial charge >= 0.3 is 0 Å². The van der Waals surface area contributed by atoms with Gasteiger partial charge in [-0.3, -0.25) is 14.7 Å². The molecule has 1 fully saturated rings. The first-order chi connectivity index (χ1) is 12.2. The van der Waals surface area contributed by atoms with Crippen molar-refractivity contribution in [1.82, 2.24) is 20.1 Å². The van der Waals surface area contributed by atoms with Crippen molar-refractivity contribution in [1.29, 1.82) is 0 Å². The molecule has 1 aliphatic heterocycles. The molecule has 134 valence electrons. The van der Waals surface area contributed by atoms with Gasteiger partial charge in [-0.15, -0.1) is 11.3 Å². The number of hydrogen-bond acceptors (Lipinski definition) is 5. The average molecular weight is 359 g/mol. The molecule has 0 spiro atoms. The number of thiophene rings is 1. The number of piperazine rings is 1. The van der Waals surface area contributed by atoms with E-state index in [1.54, 1.807) is 35.9 Å². The second-order valence-electron chi connectivity index (χ2n) is 6.43. The number of nitrogens with zero attached hydrogens (tertiary/aromatic N) is 3. The number of pyridine rings is 1. The monoisotopic (exact) mass is 358 g/mol. The molecule has 2 aromatic heterocycles. The van der Waals surface area contributed by atoms with Crippen LogP contribution in [0.2, 0.25) is 0 Å². The predicted octanol–water partition coefficient (Wildman–Crippen LogP) is 2.64. The minimum Gasteiger partial charge on any atom is -0.348 e. The lowest BCUT2D eigenvalue weighted by atomic mass is 10.0. The maximum Gasteiger partial charge on any atom is 0.251 e. The SMILES string of the molecule is CCN1CCN([C@@H](c2cccs2)[C@H](C)NC(=O)c2ccncc2)CC1. The summed E-state index contributed by atoms with van der Waals surface area (Å²) in [6, 6.07) is 8.02. The highest BCUT2D eigenvalue weighted by atomic mass is 32.1. The summed E-state index contributed by atoms with van der Waals surface area (Å²) in [5.41, 5.74) is 0.655. The van der Waals surface area contributed by atoms with Crippen LogP contribution in [-0.4, -0.2) is 59.5 Å². The molecule has 1 saturated heterocycles. The Morgan fingerprint density at radius 1 is 1.24 bits per heavy atom. The van der Waals surface area contributed by atoms with Crippen molar-refractivity contribution in [3.63, 3.8) is 0 Å². The van der Waals surface area contributed by atoms with Crippen molar-refractivity contribution in [3.05, 3.63) is 52.5 Å². The van der Waals surface area contributed by atoms with E-state index < -0.39 is 0 Å². The van der Waals surface area contributed by atoms with Gasteiger partial charge in [0.05, 0.1) is 6.04 Å². The van der Waals surface area contributed by atoms with E-state index in [1.165, 1.54) is 4.88 Å². The number of carbonyl (C=O) groups excluding carboxylic acids is 1. The summed E-state index contributed by atoms with van der Waals surface area (Å²) < 4.78 is 0. The second kappa shape index (κ2) is 8.56. The molecule has 2 aromatic rings. The minimum absolute atomic E-state index is 0.0347. The van der Waals surface area contributed by atoms with Crippen LogP contribution in [0.4, 0.5) is 0 Å². The molecule has 1 N–H and O–H groups in total. The molecule has 0 unspecified atom stereocenters. The normalized spacial score (nSPS) is 18.6. The number of carbonyl (C=O) groups is 1. The minimum atomic E-state index is -0.0383. The summed E-state index contributed by atoms with van der Waals surface area (Å²) in [4.78, 5) is 22.8. The lowest BCUT2D eigenvalue weighted by molar-refractivity contribution is 0.0753. The van der Waals surface area contributed by atoms with Crippen LogP contribution in [0.25, 0.3) is 0 Å². The molecular formula is C19H26N4OS. The highest BCUT2D eigenvalue weighted by Gasteiger charge is 2.30. The fraction of sp³-hybridized carbons (Fsp3) is 0.474. The fourth-order valence-electron chi connectivity index (χ4n) is 3.43. The van der Waals surface area contributed by atoms with Crippen LogP contribution in [0, 0.1) is 0 Å². The Morgan fingerprint density at radius 2 is 1.96 bits per heavy atom. The van der Waals surface area contributed by atoms with Crippen LogP contribution < -0.4 is 5.32 Å². The van der Waals surface area contributed by atoms with Crippen LogP contribution in [0.1, 0.15) is 35.1 Å². The van der Waals surface area contributed by atoms with E-state index in [4.69, 9.17) is 0 Å². The summed E-state index contributed by atoms with van der Waals surface area (Å²) in [6.07, 6.45) is 3.31. The van der Waals surface area contributed by atoms with Gasteiger partial charge < -0.3 is 10.2 Å². The Kier molecular flexibility index (Phi) is 6.18. The van der Waals surface area contributed by atoms with Gasteiger partial charge in [-0.05, 0) is 37.0 Å². The molecule has 0 aliphatic carbocycles. The third kappa shape index (κ3) is 4.45.